The Balaban J connectivity index is 1.61. The Morgan fingerprint density at radius 2 is 0.596 bits per heavy atom. The summed E-state index contributed by atoms with van der Waals surface area (Å²) in [5.41, 5.74) is 0. The van der Waals surface area contributed by atoms with E-state index in [0.29, 0.717) is 165 Å². The largest absolute Gasteiger partial charge is 0.469 e. The number of esters is 1. The van der Waals surface area contributed by atoms with Crippen LogP contribution in [0.5, 0.6) is 0 Å². The maximum atomic E-state index is 11.4. The van der Waals surface area contributed by atoms with E-state index in [1.54, 1.807) is 0 Å². The summed E-state index contributed by atoms with van der Waals surface area (Å²) in [5.74, 6) is -0.913. The third-order valence-electron chi connectivity index (χ3n) is 6.50. The topological polar surface area (TPSA) is 184 Å². The lowest BCUT2D eigenvalue weighted by Gasteiger charge is -2.13. The van der Waals surface area contributed by atoms with Crippen molar-refractivity contribution in [3.05, 3.63) is 12.2 Å². The molecule has 0 unspecified atom stereocenters. The van der Waals surface area contributed by atoms with Crippen LogP contribution in [0.15, 0.2) is 12.2 Å². The predicted molar refractivity (Wildman–Crippen MR) is 183 cm³/mol. The number of methoxy groups -OCH3 is 1. The highest BCUT2D eigenvalue weighted by Crippen LogP contribution is 2.02. The van der Waals surface area contributed by atoms with E-state index >= 15 is 0 Å². The van der Waals surface area contributed by atoms with Crippen molar-refractivity contribution < 1.29 is 80.7 Å². The monoisotopic (exact) mass is 755 g/mol. The van der Waals surface area contributed by atoms with E-state index in [1.807, 2.05) is 0 Å². The van der Waals surface area contributed by atoms with E-state index in [2.05, 4.69) is 4.74 Å². The molecule has 0 bridgehead atoms. The molecular weight excluding hydrogens is 694 g/mol. The van der Waals surface area contributed by atoms with Crippen molar-refractivity contribution in [2.24, 2.45) is 0 Å². The molecule has 0 aromatic heterocycles. The van der Waals surface area contributed by atoms with Crippen molar-refractivity contribution in [3.63, 3.8) is 0 Å². The fourth-order valence-corrected chi connectivity index (χ4v) is 3.81. The van der Waals surface area contributed by atoms with Gasteiger partial charge in [-0.05, 0) is 0 Å². The van der Waals surface area contributed by atoms with Gasteiger partial charge in [0.25, 0.3) is 11.8 Å². The van der Waals surface area contributed by atoms with Gasteiger partial charge in [-0.15, -0.1) is 0 Å². The molecule has 0 spiro atoms. The summed E-state index contributed by atoms with van der Waals surface area (Å²) in [5, 5.41) is 0. The molecule has 0 fully saturated rings. The van der Waals surface area contributed by atoms with Gasteiger partial charge in [-0.1, -0.05) is 0 Å². The summed E-state index contributed by atoms with van der Waals surface area (Å²) >= 11 is 0. The van der Waals surface area contributed by atoms with E-state index in [9.17, 15) is 14.4 Å². The van der Waals surface area contributed by atoms with Crippen LogP contribution in [-0.4, -0.2) is 208 Å². The second-order valence-electron chi connectivity index (χ2n) is 10.4. The van der Waals surface area contributed by atoms with Crippen molar-refractivity contribution >= 4 is 17.8 Å². The molecule has 18 heteroatoms. The number of hydrogen-bond acceptors (Lipinski definition) is 17. The highest BCUT2D eigenvalue weighted by Gasteiger charge is 2.22. The lowest BCUT2D eigenvalue weighted by Crippen LogP contribution is -2.33. The molecule has 1 heterocycles. The molecule has 0 atom stereocenters. The second-order valence-corrected chi connectivity index (χ2v) is 10.4. The average molecular weight is 756 g/mol. The predicted octanol–water partition coefficient (Wildman–Crippen LogP) is -0.310. The Bertz CT molecular complexity index is 848. The molecule has 2 amide bonds. The van der Waals surface area contributed by atoms with Gasteiger partial charge < -0.3 is 66.3 Å². The maximum Gasteiger partial charge on any atom is 0.307 e. The first-order valence-corrected chi connectivity index (χ1v) is 17.8. The number of hydrogen-bond donors (Lipinski definition) is 0. The minimum atomic E-state index is -0.311. The number of carbonyl (C=O) groups is 3. The van der Waals surface area contributed by atoms with Gasteiger partial charge >= 0.3 is 5.97 Å². The van der Waals surface area contributed by atoms with E-state index in [0.717, 1.165) is 4.90 Å². The van der Waals surface area contributed by atoms with Gasteiger partial charge in [-0.25, -0.2) is 0 Å². The number of nitrogens with zero attached hydrogens (tertiary/aromatic N) is 1. The second kappa shape index (κ2) is 38.6. The molecule has 0 aromatic rings. The Morgan fingerprint density at radius 3 is 0.827 bits per heavy atom. The number of rotatable bonds is 42. The molecule has 304 valence electrons. The molecular formula is C34H61NO17. The van der Waals surface area contributed by atoms with Gasteiger partial charge in [0.2, 0.25) is 0 Å². The molecule has 0 saturated carbocycles. The van der Waals surface area contributed by atoms with Gasteiger partial charge in [0, 0.05) is 12.2 Å². The zero-order valence-electron chi connectivity index (χ0n) is 30.8. The number of ether oxygens (including phenoxy) is 14. The third-order valence-corrected chi connectivity index (χ3v) is 6.50. The Hall–Kier alpha value is -2.17. The van der Waals surface area contributed by atoms with Crippen LogP contribution in [-0.2, 0) is 80.7 Å². The molecule has 0 radical (unpaired) electrons. The first-order valence-electron chi connectivity index (χ1n) is 17.8. The van der Waals surface area contributed by atoms with Crippen molar-refractivity contribution in [3.8, 4) is 0 Å². The fraction of sp³-hybridized carbons (Fsp3) is 0.853. The minimum absolute atomic E-state index is 0.234. The van der Waals surface area contributed by atoms with Crippen molar-refractivity contribution in [2.45, 2.75) is 6.42 Å². The van der Waals surface area contributed by atoms with E-state index in [4.69, 9.17) is 61.6 Å². The van der Waals surface area contributed by atoms with Crippen LogP contribution in [0.2, 0.25) is 0 Å². The Kier molecular flexibility index (Phi) is 35.5. The van der Waals surface area contributed by atoms with Crippen LogP contribution in [0.3, 0.4) is 0 Å². The number of amides is 2. The fourth-order valence-electron chi connectivity index (χ4n) is 3.81. The zero-order valence-corrected chi connectivity index (χ0v) is 30.8. The maximum absolute atomic E-state index is 11.4. The molecule has 0 aromatic carbocycles. The molecule has 1 aliphatic rings. The summed E-state index contributed by atoms with van der Waals surface area (Å²) in [6.07, 6.45) is 2.74. The standard InChI is InChI=1S/C34H61NO17/c1-39-34(38)4-6-40-8-10-42-12-14-44-16-18-46-20-22-48-24-26-50-28-30-52-31-29-51-27-25-49-23-21-47-19-17-45-15-13-43-11-9-41-7-5-35-32(36)2-3-33(35)37/h2-3H,4-31H2,1H3. The molecule has 0 saturated heterocycles. The van der Waals surface area contributed by atoms with Crippen LogP contribution >= 0.6 is 0 Å². The zero-order chi connectivity index (χ0) is 37.4. The minimum Gasteiger partial charge on any atom is -0.469 e. The lowest BCUT2D eigenvalue weighted by atomic mass is 10.5. The van der Waals surface area contributed by atoms with Crippen molar-refractivity contribution in [1.29, 1.82) is 0 Å². The Labute approximate surface area is 307 Å². The summed E-state index contributed by atoms with van der Waals surface area (Å²) in [6.45, 7) is 11.9. The van der Waals surface area contributed by atoms with E-state index in [-0.39, 0.29) is 37.4 Å². The first-order chi connectivity index (χ1) is 25.6. The van der Waals surface area contributed by atoms with E-state index in [1.165, 1.54) is 19.3 Å². The van der Waals surface area contributed by atoms with Crippen LogP contribution in [0.1, 0.15) is 6.42 Å². The van der Waals surface area contributed by atoms with Gasteiger partial charge in [0.05, 0.1) is 192 Å². The van der Waals surface area contributed by atoms with Gasteiger partial charge in [-0.3, -0.25) is 19.3 Å². The van der Waals surface area contributed by atoms with E-state index < -0.39 is 0 Å². The molecule has 1 rings (SSSR count). The summed E-state index contributed by atoms with van der Waals surface area (Å²) in [4.78, 5) is 34.9. The first kappa shape index (κ1) is 47.9. The molecule has 52 heavy (non-hydrogen) atoms. The third kappa shape index (κ3) is 32.5. The quantitative estimate of drug-likeness (QED) is 0.0449. The summed E-state index contributed by atoms with van der Waals surface area (Å²) < 4.78 is 75.0. The van der Waals surface area contributed by atoms with Crippen molar-refractivity contribution in [2.75, 3.05) is 185 Å². The Morgan fingerprint density at radius 1 is 0.385 bits per heavy atom. The van der Waals surface area contributed by atoms with Crippen LogP contribution in [0.25, 0.3) is 0 Å². The molecule has 0 N–H and O–H groups in total. The number of carbonyl (C=O) groups excluding carboxylic acids is 3. The van der Waals surface area contributed by atoms with Crippen LogP contribution in [0, 0.1) is 0 Å². The highest BCUT2D eigenvalue weighted by atomic mass is 16.6. The average Bonchev–Trinajstić information content (AvgIpc) is 3.47. The molecule has 18 nitrogen and oxygen atoms in total. The SMILES string of the molecule is COC(=O)CCOCCOCCOCCOCCOCCOCCOCCOCCOCCOCCOCCOCCOCCN1C(=O)C=CC1=O. The van der Waals surface area contributed by atoms with Crippen LogP contribution in [0.4, 0.5) is 0 Å². The van der Waals surface area contributed by atoms with Crippen molar-refractivity contribution in [1.82, 2.24) is 4.90 Å². The van der Waals surface area contributed by atoms with Gasteiger partial charge in [-0.2, -0.15) is 0 Å². The number of imide groups is 1. The lowest BCUT2D eigenvalue weighted by molar-refractivity contribution is -0.142. The molecule has 1 aliphatic heterocycles. The highest BCUT2D eigenvalue weighted by molar-refractivity contribution is 6.12. The van der Waals surface area contributed by atoms with Gasteiger partial charge in [0.15, 0.2) is 0 Å². The summed E-state index contributed by atoms with van der Waals surface area (Å²) in [6, 6.07) is 0. The normalized spacial score (nSPS) is 12.8. The smallest absolute Gasteiger partial charge is 0.307 e. The summed E-state index contributed by atoms with van der Waals surface area (Å²) in [7, 11) is 1.35. The molecule has 0 aliphatic carbocycles. The van der Waals surface area contributed by atoms with Gasteiger partial charge in [0.1, 0.15) is 0 Å². The van der Waals surface area contributed by atoms with Crippen LogP contribution < -0.4 is 0 Å².